The Hall–Kier alpha value is -1.55. The van der Waals surface area contributed by atoms with Crippen LogP contribution >= 0.6 is 0 Å². The number of hydrogen-bond acceptors (Lipinski definition) is 4. The van der Waals surface area contributed by atoms with E-state index in [0.29, 0.717) is 17.1 Å². The molecule has 0 amide bonds. The summed E-state index contributed by atoms with van der Waals surface area (Å²) in [6.45, 7) is 3.43. The van der Waals surface area contributed by atoms with Crippen molar-refractivity contribution in [1.29, 1.82) is 0 Å². The van der Waals surface area contributed by atoms with Gasteiger partial charge in [0.1, 0.15) is 17.1 Å². The van der Waals surface area contributed by atoms with E-state index in [4.69, 9.17) is 9.52 Å². The summed E-state index contributed by atoms with van der Waals surface area (Å²) in [7, 11) is 1.32. The molecule has 0 saturated carbocycles. The van der Waals surface area contributed by atoms with E-state index in [0.717, 1.165) is 5.57 Å². The van der Waals surface area contributed by atoms with Crippen LogP contribution in [0, 0.1) is 6.92 Å². The van der Waals surface area contributed by atoms with Crippen molar-refractivity contribution in [3.05, 3.63) is 28.7 Å². The zero-order chi connectivity index (χ0) is 11.4. The Morgan fingerprint density at radius 1 is 1.67 bits per heavy atom. The second-order valence-corrected chi connectivity index (χ2v) is 3.26. The number of carbonyl (C=O) groups is 1. The van der Waals surface area contributed by atoms with E-state index in [1.54, 1.807) is 26.0 Å². The molecule has 0 spiro atoms. The molecule has 0 aromatic carbocycles. The maximum Gasteiger partial charge on any atom is 0.341 e. The zero-order valence-corrected chi connectivity index (χ0v) is 9.03. The first kappa shape index (κ1) is 11.5. The van der Waals surface area contributed by atoms with Crippen LogP contribution in [-0.4, -0.2) is 24.8 Å². The van der Waals surface area contributed by atoms with Crippen molar-refractivity contribution in [1.82, 2.24) is 0 Å². The Morgan fingerprint density at radius 3 is 2.87 bits per heavy atom. The van der Waals surface area contributed by atoms with E-state index in [2.05, 4.69) is 4.74 Å². The summed E-state index contributed by atoms with van der Waals surface area (Å²) in [6, 6.07) is 1.60. The molecule has 0 unspecified atom stereocenters. The van der Waals surface area contributed by atoms with Gasteiger partial charge in [-0.3, -0.25) is 0 Å². The molecule has 82 valence electrons. The number of aliphatic hydroxyl groups is 1. The summed E-state index contributed by atoms with van der Waals surface area (Å²) in [5, 5.41) is 8.83. The minimum atomic E-state index is -0.419. The lowest BCUT2D eigenvalue weighted by molar-refractivity contribution is 0.0599. The summed E-state index contributed by atoms with van der Waals surface area (Å²) in [6.07, 6.45) is 1.68. The fourth-order valence-electron chi connectivity index (χ4n) is 1.18. The number of methoxy groups -OCH3 is 1. The number of carbonyl (C=O) groups excluding carboxylic acids is 1. The van der Waals surface area contributed by atoms with Gasteiger partial charge < -0.3 is 14.3 Å². The van der Waals surface area contributed by atoms with Crippen molar-refractivity contribution in [3.8, 4) is 0 Å². The van der Waals surface area contributed by atoms with Crippen LogP contribution in [0.25, 0.3) is 6.08 Å². The van der Waals surface area contributed by atoms with Gasteiger partial charge >= 0.3 is 5.97 Å². The van der Waals surface area contributed by atoms with Crippen molar-refractivity contribution in [2.24, 2.45) is 0 Å². The van der Waals surface area contributed by atoms with Gasteiger partial charge in [0.2, 0.25) is 0 Å². The summed E-state index contributed by atoms with van der Waals surface area (Å²) in [4.78, 5) is 11.3. The molecule has 0 aliphatic heterocycles. The van der Waals surface area contributed by atoms with Crippen LogP contribution in [-0.2, 0) is 4.74 Å². The summed E-state index contributed by atoms with van der Waals surface area (Å²) in [5.41, 5.74) is 1.18. The third-order valence-corrected chi connectivity index (χ3v) is 1.98. The lowest BCUT2D eigenvalue weighted by Crippen LogP contribution is -2.00. The van der Waals surface area contributed by atoms with Gasteiger partial charge in [0.25, 0.3) is 0 Å². The molecule has 0 bridgehead atoms. The van der Waals surface area contributed by atoms with Gasteiger partial charge in [-0.05, 0) is 31.6 Å². The van der Waals surface area contributed by atoms with Crippen molar-refractivity contribution in [3.63, 3.8) is 0 Å². The highest BCUT2D eigenvalue weighted by Crippen LogP contribution is 2.17. The molecule has 0 aliphatic carbocycles. The second kappa shape index (κ2) is 4.79. The predicted octanol–water partition coefficient (Wildman–Crippen LogP) is 1.77. The first-order valence-corrected chi connectivity index (χ1v) is 4.55. The molecule has 4 nitrogen and oxygen atoms in total. The van der Waals surface area contributed by atoms with E-state index >= 15 is 0 Å². The molecule has 0 saturated heterocycles. The van der Waals surface area contributed by atoms with Crippen molar-refractivity contribution >= 4 is 12.0 Å². The highest BCUT2D eigenvalue weighted by atomic mass is 16.5. The third kappa shape index (κ3) is 2.70. The van der Waals surface area contributed by atoms with Gasteiger partial charge in [-0.25, -0.2) is 4.79 Å². The average Bonchev–Trinajstić information content (AvgIpc) is 2.58. The highest BCUT2D eigenvalue weighted by molar-refractivity contribution is 5.91. The standard InChI is InChI=1S/C11H14O4/c1-7(6-12)4-9-5-10(8(2)15-9)11(13)14-3/h4-5,12H,6H2,1-3H3/b7-4+. The van der Waals surface area contributed by atoms with Crippen molar-refractivity contribution in [2.45, 2.75) is 13.8 Å². The van der Waals surface area contributed by atoms with E-state index in [1.807, 2.05) is 0 Å². The first-order chi connectivity index (χ1) is 7.08. The van der Waals surface area contributed by atoms with Gasteiger partial charge in [-0.15, -0.1) is 0 Å². The number of aryl methyl sites for hydroxylation is 1. The lowest BCUT2D eigenvalue weighted by Gasteiger charge is -1.93. The maximum atomic E-state index is 11.3. The topological polar surface area (TPSA) is 59.7 Å². The lowest BCUT2D eigenvalue weighted by atomic mass is 10.2. The van der Waals surface area contributed by atoms with Crippen LogP contribution < -0.4 is 0 Å². The molecular formula is C11H14O4. The third-order valence-electron chi connectivity index (χ3n) is 1.98. The van der Waals surface area contributed by atoms with Gasteiger partial charge in [-0.2, -0.15) is 0 Å². The van der Waals surface area contributed by atoms with Gasteiger partial charge in [0.15, 0.2) is 0 Å². The number of furan rings is 1. The van der Waals surface area contributed by atoms with E-state index in [9.17, 15) is 4.79 Å². The average molecular weight is 210 g/mol. The number of hydrogen-bond donors (Lipinski definition) is 1. The normalized spacial score (nSPS) is 11.6. The molecule has 1 aromatic heterocycles. The monoisotopic (exact) mass is 210 g/mol. The highest BCUT2D eigenvalue weighted by Gasteiger charge is 2.14. The van der Waals surface area contributed by atoms with Gasteiger partial charge in [0.05, 0.1) is 13.7 Å². The molecule has 0 radical (unpaired) electrons. The molecular weight excluding hydrogens is 196 g/mol. The Morgan fingerprint density at radius 2 is 2.33 bits per heavy atom. The Bertz CT molecular complexity index is 387. The molecule has 1 heterocycles. The fraction of sp³-hybridized carbons (Fsp3) is 0.364. The van der Waals surface area contributed by atoms with Gasteiger partial charge in [0, 0.05) is 0 Å². The summed E-state index contributed by atoms with van der Waals surface area (Å²) >= 11 is 0. The maximum absolute atomic E-state index is 11.3. The summed E-state index contributed by atoms with van der Waals surface area (Å²) < 4.78 is 9.91. The van der Waals surface area contributed by atoms with Crippen LogP contribution in [0.3, 0.4) is 0 Å². The Labute approximate surface area is 88.2 Å². The molecule has 0 aliphatic rings. The SMILES string of the molecule is COC(=O)c1cc(/C=C(\C)CO)oc1C. The predicted molar refractivity (Wildman–Crippen MR) is 55.5 cm³/mol. The largest absolute Gasteiger partial charge is 0.465 e. The molecule has 1 rings (SSSR count). The number of aliphatic hydroxyl groups excluding tert-OH is 1. The first-order valence-electron chi connectivity index (χ1n) is 4.55. The molecule has 1 N–H and O–H groups in total. The Kier molecular flexibility index (Phi) is 3.68. The number of rotatable bonds is 3. The van der Waals surface area contributed by atoms with Crippen molar-refractivity contribution < 1.29 is 19.1 Å². The van der Waals surface area contributed by atoms with E-state index in [-0.39, 0.29) is 6.61 Å². The molecule has 15 heavy (non-hydrogen) atoms. The van der Waals surface area contributed by atoms with E-state index in [1.165, 1.54) is 7.11 Å². The minimum absolute atomic E-state index is 0.0344. The molecule has 1 aromatic rings. The number of esters is 1. The van der Waals surface area contributed by atoms with Crippen LogP contribution in [0.15, 0.2) is 16.1 Å². The second-order valence-electron chi connectivity index (χ2n) is 3.26. The van der Waals surface area contributed by atoms with Crippen LogP contribution in [0.1, 0.15) is 28.8 Å². The minimum Gasteiger partial charge on any atom is -0.465 e. The van der Waals surface area contributed by atoms with Crippen LogP contribution in [0.4, 0.5) is 0 Å². The quantitative estimate of drug-likeness (QED) is 0.772. The van der Waals surface area contributed by atoms with Crippen LogP contribution in [0.5, 0.6) is 0 Å². The zero-order valence-electron chi connectivity index (χ0n) is 9.03. The molecule has 4 heteroatoms. The summed E-state index contributed by atoms with van der Waals surface area (Å²) in [5.74, 6) is 0.635. The number of ether oxygens (including phenoxy) is 1. The Balaban J connectivity index is 3.01. The fourth-order valence-corrected chi connectivity index (χ4v) is 1.18. The molecule has 0 atom stereocenters. The molecule has 0 fully saturated rings. The van der Waals surface area contributed by atoms with E-state index < -0.39 is 5.97 Å². The smallest absolute Gasteiger partial charge is 0.341 e. The van der Waals surface area contributed by atoms with Gasteiger partial charge in [-0.1, -0.05) is 0 Å². The van der Waals surface area contributed by atoms with Crippen molar-refractivity contribution in [2.75, 3.05) is 13.7 Å². The van der Waals surface area contributed by atoms with Crippen LogP contribution in [0.2, 0.25) is 0 Å².